The molecular weight excluding hydrogens is 212 g/mol. The lowest BCUT2D eigenvalue weighted by atomic mass is 9.93. The molecule has 1 aliphatic heterocycles. The molecule has 0 bridgehead atoms. The summed E-state index contributed by atoms with van der Waals surface area (Å²) >= 11 is 0. The Kier molecular flexibility index (Phi) is 4.57. The third-order valence-electron chi connectivity index (χ3n) is 3.52. The third-order valence-corrected chi connectivity index (χ3v) is 3.52. The first kappa shape index (κ1) is 12.6. The molecule has 0 amide bonds. The van der Waals surface area contributed by atoms with Gasteiger partial charge in [-0.1, -0.05) is 29.8 Å². The summed E-state index contributed by atoms with van der Waals surface area (Å²) < 4.78 is 5.63. The fourth-order valence-electron chi connectivity index (χ4n) is 2.48. The molecule has 94 valence electrons. The molecular formula is C15H22O2. The summed E-state index contributed by atoms with van der Waals surface area (Å²) in [6.45, 7) is 3.25. The molecule has 0 aromatic heterocycles. The predicted molar refractivity (Wildman–Crippen MR) is 69.0 cm³/mol. The summed E-state index contributed by atoms with van der Waals surface area (Å²) in [6, 6.07) is 8.59. The number of ether oxygens (including phenoxy) is 1. The fourth-order valence-corrected chi connectivity index (χ4v) is 2.48. The minimum absolute atomic E-state index is 0.258. The molecule has 1 aromatic carbocycles. The first-order chi connectivity index (χ1) is 8.28. The monoisotopic (exact) mass is 234 g/mol. The molecule has 0 saturated carbocycles. The smallest absolute Gasteiger partial charge is 0.0579 e. The maximum Gasteiger partial charge on any atom is 0.0579 e. The molecule has 0 aliphatic carbocycles. The Morgan fingerprint density at radius 1 is 1.35 bits per heavy atom. The number of benzene rings is 1. The quantitative estimate of drug-likeness (QED) is 0.849. The van der Waals surface area contributed by atoms with E-state index in [9.17, 15) is 5.11 Å². The SMILES string of the molecule is Cc1ccc(CC(CO)CC2CCCO2)cc1. The van der Waals surface area contributed by atoms with Crippen molar-refractivity contribution in [2.24, 2.45) is 5.92 Å². The van der Waals surface area contributed by atoms with Gasteiger partial charge in [-0.2, -0.15) is 0 Å². The van der Waals surface area contributed by atoms with Gasteiger partial charge in [0.25, 0.3) is 0 Å². The molecule has 1 heterocycles. The zero-order valence-electron chi connectivity index (χ0n) is 10.6. The van der Waals surface area contributed by atoms with Crippen molar-refractivity contribution in [3.05, 3.63) is 35.4 Å². The lowest BCUT2D eigenvalue weighted by molar-refractivity contribution is 0.0766. The van der Waals surface area contributed by atoms with Crippen LogP contribution in [0.5, 0.6) is 0 Å². The minimum Gasteiger partial charge on any atom is -0.396 e. The van der Waals surface area contributed by atoms with Gasteiger partial charge in [-0.25, -0.2) is 0 Å². The van der Waals surface area contributed by atoms with Crippen molar-refractivity contribution in [1.29, 1.82) is 0 Å². The van der Waals surface area contributed by atoms with Crippen LogP contribution >= 0.6 is 0 Å². The van der Waals surface area contributed by atoms with Gasteiger partial charge in [-0.3, -0.25) is 0 Å². The van der Waals surface area contributed by atoms with Crippen LogP contribution in [0.1, 0.15) is 30.4 Å². The van der Waals surface area contributed by atoms with E-state index in [1.807, 2.05) is 0 Å². The number of rotatable bonds is 5. The zero-order valence-corrected chi connectivity index (χ0v) is 10.6. The molecule has 1 fully saturated rings. The van der Waals surface area contributed by atoms with Crippen LogP contribution in [0.3, 0.4) is 0 Å². The van der Waals surface area contributed by atoms with Crippen LogP contribution in [-0.2, 0) is 11.2 Å². The maximum atomic E-state index is 9.45. The Labute approximate surface area is 104 Å². The summed E-state index contributed by atoms with van der Waals surface area (Å²) in [6.07, 6.45) is 4.65. The van der Waals surface area contributed by atoms with Crippen molar-refractivity contribution in [1.82, 2.24) is 0 Å². The lowest BCUT2D eigenvalue weighted by Gasteiger charge is -2.18. The number of aryl methyl sites for hydroxylation is 1. The van der Waals surface area contributed by atoms with Gasteiger partial charge in [-0.05, 0) is 44.1 Å². The Bertz CT molecular complexity index is 325. The van der Waals surface area contributed by atoms with E-state index in [2.05, 4.69) is 31.2 Å². The zero-order chi connectivity index (χ0) is 12.1. The first-order valence-corrected chi connectivity index (χ1v) is 6.56. The predicted octanol–water partition coefficient (Wildman–Crippen LogP) is 2.72. The molecule has 0 radical (unpaired) electrons. The molecule has 17 heavy (non-hydrogen) atoms. The number of hydrogen-bond acceptors (Lipinski definition) is 2. The summed E-state index contributed by atoms with van der Waals surface area (Å²) in [5.74, 6) is 0.334. The van der Waals surface area contributed by atoms with Gasteiger partial charge in [0.15, 0.2) is 0 Å². The van der Waals surface area contributed by atoms with E-state index < -0.39 is 0 Å². The van der Waals surface area contributed by atoms with Gasteiger partial charge in [0.1, 0.15) is 0 Å². The van der Waals surface area contributed by atoms with Gasteiger partial charge < -0.3 is 9.84 Å². The highest BCUT2D eigenvalue weighted by molar-refractivity contribution is 5.21. The summed E-state index contributed by atoms with van der Waals surface area (Å²) in [4.78, 5) is 0. The van der Waals surface area contributed by atoms with Gasteiger partial charge in [-0.15, -0.1) is 0 Å². The van der Waals surface area contributed by atoms with Gasteiger partial charge in [0.2, 0.25) is 0 Å². The Morgan fingerprint density at radius 2 is 2.12 bits per heavy atom. The Morgan fingerprint density at radius 3 is 2.71 bits per heavy atom. The molecule has 1 aromatic rings. The van der Waals surface area contributed by atoms with Crippen molar-refractivity contribution < 1.29 is 9.84 Å². The van der Waals surface area contributed by atoms with Crippen LogP contribution in [0.25, 0.3) is 0 Å². The molecule has 2 atom stereocenters. The molecule has 2 rings (SSSR count). The third kappa shape index (κ3) is 3.83. The summed E-state index contributed by atoms with van der Waals surface area (Å²) in [5.41, 5.74) is 2.60. The molecule has 1 aliphatic rings. The van der Waals surface area contributed by atoms with E-state index in [4.69, 9.17) is 4.74 Å². The lowest BCUT2D eigenvalue weighted by Crippen LogP contribution is -2.18. The average Bonchev–Trinajstić information content (AvgIpc) is 2.84. The summed E-state index contributed by atoms with van der Waals surface area (Å²) in [7, 11) is 0. The van der Waals surface area contributed by atoms with Crippen LogP contribution in [0.4, 0.5) is 0 Å². The molecule has 1 N–H and O–H groups in total. The molecule has 2 nitrogen and oxygen atoms in total. The summed E-state index contributed by atoms with van der Waals surface area (Å²) in [5, 5.41) is 9.45. The van der Waals surface area contributed by atoms with Crippen molar-refractivity contribution in [3.63, 3.8) is 0 Å². The van der Waals surface area contributed by atoms with Crippen LogP contribution in [-0.4, -0.2) is 24.4 Å². The topological polar surface area (TPSA) is 29.5 Å². The van der Waals surface area contributed by atoms with E-state index >= 15 is 0 Å². The van der Waals surface area contributed by atoms with Crippen LogP contribution < -0.4 is 0 Å². The van der Waals surface area contributed by atoms with Crippen molar-refractivity contribution in [2.45, 2.75) is 38.7 Å². The molecule has 2 unspecified atom stereocenters. The second-order valence-corrected chi connectivity index (χ2v) is 5.11. The second-order valence-electron chi connectivity index (χ2n) is 5.11. The van der Waals surface area contributed by atoms with Gasteiger partial charge in [0, 0.05) is 13.2 Å². The van der Waals surface area contributed by atoms with Gasteiger partial charge in [0.05, 0.1) is 6.10 Å². The van der Waals surface area contributed by atoms with Crippen molar-refractivity contribution >= 4 is 0 Å². The van der Waals surface area contributed by atoms with E-state index in [0.717, 1.165) is 25.9 Å². The van der Waals surface area contributed by atoms with Crippen molar-refractivity contribution in [2.75, 3.05) is 13.2 Å². The number of aliphatic hydroxyl groups excluding tert-OH is 1. The first-order valence-electron chi connectivity index (χ1n) is 6.56. The van der Waals surface area contributed by atoms with Crippen molar-refractivity contribution in [3.8, 4) is 0 Å². The van der Waals surface area contributed by atoms with Gasteiger partial charge >= 0.3 is 0 Å². The maximum absolute atomic E-state index is 9.45. The molecule has 2 heteroatoms. The Hall–Kier alpha value is -0.860. The standard InChI is InChI=1S/C15H22O2/c1-12-4-6-13(7-5-12)9-14(11-16)10-15-3-2-8-17-15/h4-7,14-16H,2-3,8-11H2,1H3. The number of aliphatic hydroxyl groups is 1. The highest BCUT2D eigenvalue weighted by atomic mass is 16.5. The minimum atomic E-state index is 0.258. The van der Waals surface area contributed by atoms with E-state index in [0.29, 0.717) is 12.0 Å². The second kappa shape index (κ2) is 6.18. The highest BCUT2D eigenvalue weighted by Crippen LogP contribution is 2.22. The highest BCUT2D eigenvalue weighted by Gasteiger charge is 2.20. The Balaban J connectivity index is 1.87. The van der Waals surface area contributed by atoms with E-state index in [-0.39, 0.29) is 6.61 Å². The average molecular weight is 234 g/mol. The van der Waals surface area contributed by atoms with E-state index in [1.165, 1.54) is 17.5 Å². The largest absolute Gasteiger partial charge is 0.396 e. The fraction of sp³-hybridized carbons (Fsp3) is 0.600. The van der Waals surface area contributed by atoms with Crippen LogP contribution in [0.15, 0.2) is 24.3 Å². The normalized spacial score (nSPS) is 21.6. The molecule has 1 saturated heterocycles. The van der Waals surface area contributed by atoms with E-state index in [1.54, 1.807) is 0 Å². The van der Waals surface area contributed by atoms with Crippen LogP contribution in [0.2, 0.25) is 0 Å². The van der Waals surface area contributed by atoms with Crippen LogP contribution in [0, 0.1) is 12.8 Å². The number of hydrogen-bond donors (Lipinski definition) is 1. The molecule has 0 spiro atoms.